The van der Waals surface area contributed by atoms with Crippen LogP contribution in [-0.2, 0) is 10.4 Å². The Hall–Kier alpha value is 1.06. The molecular formula is C27H63AlO3Si3. The van der Waals surface area contributed by atoms with E-state index >= 15 is 0 Å². The van der Waals surface area contributed by atoms with Crippen molar-refractivity contribution in [1.82, 2.24) is 0 Å². The first-order valence-electron chi connectivity index (χ1n) is 14.3. The van der Waals surface area contributed by atoms with E-state index in [9.17, 15) is 0 Å². The van der Waals surface area contributed by atoms with Gasteiger partial charge in [0.25, 0.3) is 0 Å². The van der Waals surface area contributed by atoms with Crippen LogP contribution in [-0.4, -0.2) is 40.1 Å². The molecule has 3 nitrogen and oxygen atoms in total. The summed E-state index contributed by atoms with van der Waals surface area (Å²) in [5.41, 5.74) is 4.72. The van der Waals surface area contributed by atoms with Gasteiger partial charge < -0.3 is 10.4 Å². The minimum atomic E-state index is -2.43. The summed E-state index contributed by atoms with van der Waals surface area (Å²) >= 11 is -2.43. The third kappa shape index (κ3) is 6.92. The average Bonchev–Trinajstić information content (AvgIpc) is 2.64. The molecule has 0 amide bonds. The molecule has 0 aromatic heterocycles. The average molecular weight is 547 g/mol. The van der Waals surface area contributed by atoms with Crippen LogP contribution in [0.4, 0.5) is 0 Å². The summed E-state index contributed by atoms with van der Waals surface area (Å²) in [6, 6.07) is 0. The quantitative estimate of drug-likeness (QED) is 0.191. The van der Waals surface area contributed by atoms with Crippen LogP contribution in [0.3, 0.4) is 0 Å². The molecule has 0 atom stereocenters. The molecule has 0 N–H and O–H groups in total. The van der Waals surface area contributed by atoms with Crippen molar-refractivity contribution >= 4 is 40.1 Å². The lowest BCUT2D eigenvalue weighted by atomic mass is 10.5. The van der Waals surface area contributed by atoms with Gasteiger partial charge in [-0.25, -0.2) is 0 Å². The van der Waals surface area contributed by atoms with Crippen LogP contribution < -0.4 is 0 Å². The summed E-state index contributed by atoms with van der Waals surface area (Å²) in [6.07, 6.45) is 0. The first-order valence-corrected chi connectivity index (χ1v) is 22.1. The molecule has 0 saturated carbocycles. The summed E-state index contributed by atoms with van der Waals surface area (Å²) in [4.78, 5) is 0. The van der Waals surface area contributed by atoms with E-state index in [1.165, 1.54) is 0 Å². The summed E-state index contributed by atoms with van der Waals surface area (Å²) in [7, 11) is -6.43. The number of rotatable bonds is 15. The van der Waals surface area contributed by atoms with Gasteiger partial charge in [0.15, 0.2) is 25.0 Å². The van der Waals surface area contributed by atoms with Gasteiger partial charge in [-0.1, -0.05) is 125 Å². The van der Waals surface area contributed by atoms with Crippen LogP contribution in [0.25, 0.3) is 0 Å². The molecule has 0 fully saturated rings. The molecule has 0 aromatic carbocycles. The lowest BCUT2D eigenvalue weighted by Gasteiger charge is -2.51. The van der Waals surface area contributed by atoms with Crippen molar-refractivity contribution in [2.24, 2.45) is 0 Å². The van der Waals surface area contributed by atoms with Crippen molar-refractivity contribution in [2.75, 3.05) is 0 Å². The van der Waals surface area contributed by atoms with E-state index in [0.29, 0.717) is 49.9 Å². The summed E-state index contributed by atoms with van der Waals surface area (Å²) in [5.74, 6) is 0. The van der Waals surface area contributed by atoms with E-state index in [2.05, 4.69) is 125 Å². The lowest BCUT2D eigenvalue weighted by Crippen LogP contribution is -2.62. The minimum Gasteiger partial charge on any atom is -0.499 e. The van der Waals surface area contributed by atoms with Crippen LogP contribution in [0.15, 0.2) is 0 Å². The number of hydrogen-bond acceptors (Lipinski definition) is 3. The molecule has 0 aromatic rings. The third-order valence-electron chi connectivity index (χ3n) is 9.02. The van der Waals surface area contributed by atoms with Gasteiger partial charge in [0.1, 0.15) is 0 Å². The molecule has 0 heterocycles. The summed E-state index contributed by atoms with van der Waals surface area (Å²) in [6.45, 7) is 42.9. The zero-order valence-corrected chi connectivity index (χ0v) is 30.7. The SMILES string of the molecule is CC(C)[Si]([O][Al]([O][Si](C(C)C)(C(C)C)C(C)C)[O][Si](C(C)C)(C(C)C)C(C)C)(C(C)C)C(C)C. The molecule has 204 valence electrons. The highest BCUT2D eigenvalue weighted by Gasteiger charge is 2.59. The Morgan fingerprint density at radius 2 is 0.412 bits per heavy atom. The van der Waals surface area contributed by atoms with Gasteiger partial charge in [0, 0.05) is 0 Å². The Morgan fingerprint density at radius 1 is 0.294 bits per heavy atom. The van der Waals surface area contributed by atoms with E-state index in [4.69, 9.17) is 10.4 Å². The molecule has 0 aliphatic rings. The van der Waals surface area contributed by atoms with E-state index in [1.54, 1.807) is 0 Å². The third-order valence-corrected chi connectivity index (χ3v) is 32.5. The second-order valence-corrected chi connectivity index (χ2v) is 32.5. The number of hydrogen-bond donors (Lipinski definition) is 0. The highest BCUT2D eigenvalue weighted by atomic mass is 28.4. The fourth-order valence-electron chi connectivity index (χ4n) is 7.80. The monoisotopic (exact) mass is 546 g/mol. The van der Waals surface area contributed by atoms with Gasteiger partial charge in [-0.2, -0.15) is 0 Å². The van der Waals surface area contributed by atoms with Crippen LogP contribution in [0.5, 0.6) is 0 Å². The molecule has 0 saturated heterocycles. The van der Waals surface area contributed by atoms with E-state index in [0.717, 1.165) is 0 Å². The maximum atomic E-state index is 7.54. The Bertz CT molecular complexity index is 444. The Kier molecular flexibility index (Phi) is 14.2. The molecular weight excluding hydrogens is 484 g/mol. The molecule has 0 bridgehead atoms. The van der Waals surface area contributed by atoms with Crippen molar-refractivity contribution in [1.29, 1.82) is 0 Å². The Morgan fingerprint density at radius 3 is 0.500 bits per heavy atom. The largest absolute Gasteiger partial charge is 0.871 e. The molecule has 0 rings (SSSR count). The fourth-order valence-corrected chi connectivity index (χ4v) is 35.5. The Labute approximate surface area is 224 Å². The molecule has 0 aliphatic carbocycles. The molecule has 0 radical (unpaired) electrons. The maximum Gasteiger partial charge on any atom is 0.871 e. The predicted molar refractivity (Wildman–Crippen MR) is 162 cm³/mol. The molecule has 0 aliphatic heterocycles. The zero-order chi connectivity index (χ0) is 27.4. The standard InChI is InChI=1S/3C9H21OSi.Al/c3*1-7(2)11(10,8(3)4)9(5)6;/h3*7-9H,1-6H3;/q3*-1;+3. The van der Waals surface area contributed by atoms with Gasteiger partial charge in [-0.3, -0.25) is 0 Å². The van der Waals surface area contributed by atoms with E-state index in [-0.39, 0.29) is 0 Å². The zero-order valence-electron chi connectivity index (χ0n) is 26.5. The van der Waals surface area contributed by atoms with Crippen molar-refractivity contribution in [3.8, 4) is 0 Å². The van der Waals surface area contributed by atoms with Gasteiger partial charge in [0.05, 0.1) is 0 Å². The van der Waals surface area contributed by atoms with Crippen molar-refractivity contribution in [2.45, 2.75) is 174 Å². The lowest BCUT2D eigenvalue weighted by molar-refractivity contribution is 0.259. The van der Waals surface area contributed by atoms with E-state index in [1.807, 2.05) is 0 Å². The van der Waals surface area contributed by atoms with E-state index < -0.39 is 40.1 Å². The molecule has 0 spiro atoms. The van der Waals surface area contributed by atoms with Crippen LogP contribution >= 0.6 is 0 Å². The second-order valence-electron chi connectivity index (χ2n) is 13.6. The maximum absolute atomic E-state index is 7.54. The summed E-state index contributed by atoms with van der Waals surface area (Å²) < 4.78 is 22.6. The van der Waals surface area contributed by atoms with Crippen molar-refractivity contribution < 1.29 is 10.4 Å². The van der Waals surface area contributed by atoms with Crippen molar-refractivity contribution in [3.05, 3.63) is 0 Å². The van der Waals surface area contributed by atoms with Gasteiger partial charge in [-0.15, -0.1) is 0 Å². The smallest absolute Gasteiger partial charge is 0.499 e. The first-order chi connectivity index (χ1) is 15.3. The van der Waals surface area contributed by atoms with Crippen molar-refractivity contribution in [3.63, 3.8) is 0 Å². The second kappa shape index (κ2) is 13.7. The highest BCUT2D eigenvalue weighted by Crippen LogP contribution is 2.49. The van der Waals surface area contributed by atoms with Gasteiger partial charge in [-0.05, 0) is 49.9 Å². The first kappa shape index (κ1) is 35.1. The Balaban J connectivity index is 7.02. The topological polar surface area (TPSA) is 27.7 Å². The fraction of sp³-hybridized carbons (Fsp3) is 1.00. The van der Waals surface area contributed by atoms with Gasteiger partial charge in [0.2, 0.25) is 0 Å². The predicted octanol–water partition coefficient (Wildman–Crippen LogP) is 10.5. The van der Waals surface area contributed by atoms with Crippen LogP contribution in [0.1, 0.15) is 125 Å². The molecule has 34 heavy (non-hydrogen) atoms. The minimum absolute atomic E-state index is 0.524. The molecule has 7 heteroatoms. The van der Waals surface area contributed by atoms with Gasteiger partial charge >= 0.3 is 15.1 Å². The normalized spacial score (nSPS) is 14.6. The molecule has 0 unspecified atom stereocenters. The summed E-state index contributed by atoms with van der Waals surface area (Å²) in [5, 5.41) is 0. The highest BCUT2D eigenvalue weighted by molar-refractivity contribution is 6.89. The van der Waals surface area contributed by atoms with Crippen LogP contribution in [0.2, 0.25) is 49.9 Å². The van der Waals surface area contributed by atoms with Crippen LogP contribution in [0, 0.1) is 0 Å².